The molecule has 2 aliphatic heterocycles. The molecular weight excluding hydrogens is 509 g/mol. The van der Waals surface area contributed by atoms with Crippen LogP contribution < -0.4 is 5.32 Å². The van der Waals surface area contributed by atoms with Crippen molar-refractivity contribution in [1.82, 2.24) is 20.0 Å². The van der Waals surface area contributed by atoms with Gasteiger partial charge in [-0.3, -0.25) is 9.79 Å². The Bertz CT molecular complexity index is 740. The topological polar surface area (TPSA) is 77.5 Å². The number of benzene rings is 1. The molecule has 0 aliphatic carbocycles. The molecule has 1 aromatic carbocycles. The molecule has 0 saturated carbocycles. The lowest BCUT2D eigenvalue weighted by Gasteiger charge is -2.35. The fourth-order valence-corrected chi connectivity index (χ4v) is 3.82. The fourth-order valence-electron chi connectivity index (χ4n) is 3.82. The Morgan fingerprint density at radius 2 is 1.61 bits per heavy atom. The SMILES string of the molecule is CCNC(=NCCCC(=O)N1Cc2ccccc2C1)N1CCN(C(=O)OCC)CC1.I. The van der Waals surface area contributed by atoms with Crippen molar-refractivity contribution in [3.05, 3.63) is 35.4 Å². The number of piperazine rings is 1. The van der Waals surface area contributed by atoms with E-state index in [1.807, 2.05) is 30.9 Å². The second-order valence-corrected chi connectivity index (χ2v) is 7.53. The zero-order chi connectivity index (χ0) is 21.3. The summed E-state index contributed by atoms with van der Waals surface area (Å²) in [6, 6.07) is 8.24. The third-order valence-corrected chi connectivity index (χ3v) is 5.44. The molecule has 1 N–H and O–H groups in total. The summed E-state index contributed by atoms with van der Waals surface area (Å²) in [5.74, 6) is 1.04. The summed E-state index contributed by atoms with van der Waals surface area (Å²) in [4.78, 5) is 34.9. The van der Waals surface area contributed by atoms with Crippen LogP contribution in [-0.2, 0) is 22.6 Å². The zero-order valence-corrected chi connectivity index (χ0v) is 20.8. The molecule has 0 atom stereocenters. The first-order valence-electron chi connectivity index (χ1n) is 10.9. The first-order valence-corrected chi connectivity index (χ1v) is 10.9. The Balaban J connectivity index is 0.00000341. The molecule has 3 rings (SSSR count). The number of guanidine groups is 1. The normalized spacial score (nSPS) is 15.9. The van der Waals surface area contributed by atoms with Crippen LogP contribution in [0.2, 0.25) is 0 Å². The predicted octanol–water partition coefficient (Wildman–Crippen LogP) is 2.67. The van der Waals surface area contributed by atoms with Gasteiger partial charge in [-0.25, -0.2) is 4.79 Å². The lowest BCUT2D eigenvalue weighted by atomic mass is 10.1. The number of hydrogen-bond donors (Lipinski definition) is 1. The molecule has 0 bridgehead atoms. The van der Waals surface area contributed by atoms with Crippen molar-refractivity contribution >= 4 is 41.9 Å². The highest BCUT2D eigenvalue weighted by molar-refractivity contribution is 14.0. The molecule has 0 unspecified atom stereocenters. The fraction of sp³-hybridized carbons (Fsp3) is 0.591. The van der Waals surface area contributed by atoms with Crippen molar-refractivity contribution in [2.24, 2.45) is 4.99 Å². The molecule has 2 amide bonds. The van der Waals surface area contributed by atoms with Gasteiger partial charge < -0.3 is 24.8 Å². The molecule has 1 aromatic rings. The second kappa shape index (κ2) is 12.7. The van der Waals surface area contributed by atoms with Gasteiger partial charge in [0.05, 0.1) is 6.61 Å². The maximum Gasteiger partial charge on any atom is 0.409 e. The van der Waals surface area contributed by atoms with Gasteiger partial charge in [-0.2, -0.15) is 0 Å². The first kappa shape index (κ1) is 25.2. The quantitative estimate of drug-likeness (QED) is 0.259. The number of aliphatic imine (C=N–C) groups is 1. The predicted molar refractivity (Wildman–Crippen MR) is 131 cm³/mol. The standard InChI is InChI=1S/C22H33N5O3.HI/c1-3-23-21(25-12-14-26(15-13-25)22(29)30-4-2)24-11-7-10-20(28)27-16-18-8-5-6-9-19(18)17-27;/h5-6,8-9H,3-4,7,10-17H2,1-2H3,(H,23,24);1H. The number of rotatable bonds is 6. The van der Waals surface area contributed by atoms with E-state index in [1.54, 1.807) is 4.90 Å². The molecule has 31 heavy (non-hydrogen) atoms. The molecule has 1 saturated heterocycles. The number of fused-ring (bicyclic) bond motifs is 1. The number of amides is 2. The zero-order valence-electron chi connectivity index (χ0n) is 18.5. The Morgan fingerprint density at radius 1 is 1.00 bits per heavy atom. The van der Waals surface area contributed by atoms with Gasteiger partial charge in [-0.15, -0.1) is 24.0 Å². The maximum absolute atomic E-state index is 12.5. The average molecular weight is 543 g/mol. The summed E-state index contributed by atoms with van der Waals surface area (Å²) < 4.78 is 5.08. The minimum absolute atomic E-state index is 0. The van der Waals surface area contributed by atoms with Crippen LogP contribution in [0.1, 0.15) is 37.8 Å². The van der Waals surface area contributed by atoms with Crippen molar-refractivity contribution in [3.8, 4) is 0 Å². The highest BCUT2D eigenvalue weighted by Gasteiger charge is 2.24. The summed E-state index contributed by atoms with van der Waals surface area (Å²) in [7, 11) is 0. The maximum atomic E-state index is 12.5. The van der Waals surface area contributed by atoms with Gasteiger partial charge in [0.2, 0.25) is 5.91 Å². The van der Waals surface area contributed by atoms with Gasteiger partial charge >= 0.3 is 6.09 Å². The van der Waals surface area contributed by atoms with E-state index in [1.165, 1.54) is 11.1 Å². The monoisotopic (exact) mass is 543 g/mol. The third kappa shape index (κ3) is 6.98. The van der Waals surface area contributed by atoms with Gasteiger partial charge in [0.1, 0.15) is 0 Å². The van der Waals surface area contributed by atoms with Gasteiger partial charge in [0, 0.05) is 58.8 Å². The third-order valence-electron chi connectivity index (χ3n) is 5.44. The van der Waals surface area contributed by atoms with Crippen LogP contribution in [0.5, 0.6) is 0 Å². The van der Waals surface area contributed by atoms with E-state index in [0.29, 0.717) is 45.8 Å². The number of carbonyl (C=O) groups excluding carboxylic acids is 2. The van der Waals surface area contributed by atoms with E-state index in [-0.39, 0.29) is 36.0 Å². The van der Waals surface area contributed by atoms with Gasteiger partial charge in [-0.1, -0.05) is 24.3 Å². The number of halogens is 1. The summed E-state index contributed by atoms with van der Waals surface area (Å²) >= 11 is 0. The molecule has 0 aromatic heterocycles. The summed E-state index contributed by atoms with van der Waals surface area (Å²) in [6.07, 6.45) is 0.985. The molecule has 172 valence electrons. The minimum atomic E-state index is -0.248. The summed E-state index contributed by atoms with van der Waals surface area (Å²) in [5.41, 5.74) is 2.50. The van der Waals surface area contributed by atoms with Crippen LogP contribution in [0.15, 0.2) is 29.3 Å². The van der Waals surface area contributed by atoms with Gasteiger partial charge in [-0.05, 0) is 31.4 Å². The van der Waals surface area contributed by atoms with E-state index in [2.05, 4.69) is 22.3 Å². The molecule has 0 spiro atoms. The lowest BCUT2D eigenvalue weighted by molar-refractivity contribution is -0.131. The van der Waals surface area contributed by atoms with Gasteiger partial charge in [0.25, 0.3) is 0 Å². The molecule has 2 heterocycles. The minimum Gasteiger partial charge on any atom is -0.450 e. The number of nitrogens with zero attached hydrogens (tertiary/aromatic N) is 4. The van der Waals surface area contributed by atoms with Crippen molar-refractivity contribution < 1.29 is 14.3 Å². The number of carbonyl (C=O) groups is 2. The van der Waals surface area contributed by atoms with E-state index in [4.69, 9.17) is 9.73 Å². The van der Waals surface area contributed by atoms with E-state index in [0.717, 1.165) is 32.0 Å². The molecule has 0 radical (unpaired) electrons. The number of nitrogens with one attached hydrogen (secondary N) is 1. The van der Waals surface area contributed by atoms with Crippen LogP contribution in [-0.4, -0.2) is 78.5 Å². The Hall–Kier alpha value is -2.04. The van der Waals surface area contributed by atoms with Crippen LogP contribution in [0, 0.1) is 0 Å². The van der Waals surface area contributed by atoms with Crippen molar-refractivity contribution in [2.75, 3.05) is 45.9 Å². The smallest absolute Gasteiger partial charge is 0.409 e. The molecular formula is C22H34IN5O3. The molecule has 2 aliphatic rings. The Labute approximate surface area is 202 Å². The highest BCUT2D eigenvalue weighted by atomic mass is 127. The lowest BCUT2D eigenvalue weighted by Crippen LogP contribution is -2.53. The second-order valence-electron chi connectivity index (χ2n) is 7.53. The summed E-state index contributed by atoms with van der Waals surface area (Å²) in [5, 5.41) is 3.32. The van der Waals surface area contributed by atoms with Crippen LogP contribution in [0.4, 0.5) is 4.79 Å². The van der Waals surface area contributed by atoms with Crippen LogP contribution in [0.3, 0.4) is 0 Å². The van der Waals surface area contributed by atoms with Crippen molar-refractivity contribution in [1.29, 1.82) is 0 Å². The van der Waals surface area contributed by atoms with Crippen molar-refractivity contribution in [3.63, 3.8) is 0 Å². The van der Waals surface area contributed by atoms with Crippen molar-refractivity contribution in [2.45, 2.75) is 39.8 Å². The molecule has 9 heteroatoms. The molecule has 1 fully saturated rings. The van der Waals surface area contributed by atoms with Crippen LogP contribution >= 0.6 is 24.0 Å². The van der Waals surface area contributed by atoms with E-state index >= 15 is 0 Å². The van der Waals surface area contributed by atoms with E-state index < -0.39 is 0 Å². The number of ether oxygens (including phenoxy) is 1. The highest BCUT2D eigenvalue weighted by Crippen LogP contribution is 2.22. The average Bonchev–Trinajstić information content (AvgIpc) is 3.20. The first-order chi connectivity index (χ1) is 14.6. The van der Waals surface area contributed by atoms with Gasteiger partial charge in [0.15, 0.2) is 5.96 Å². The van der Waals surface area contributed by atoms with E-state index in [9.17, 15) is 9.59 Å². The molecule has 8 nitrogen and oxygen atoms in total. The summed E-state index contributed by atoms with van der Waals surface area (Å²) in [6.45, 7) is 9.74. The largest absolute Gasteiger partial charge is 0.450 e. The number of hydrogen-bond acceptors (Lipinski definition) is 4. The Morgan fingerprint density at radius 3 is 2.19 bits per heavy atom. The Kier molecular flexibility index (Phi) is 10.4. The van der Waals surface area contributed by atoms with Crippen LogP contribution in [0.25, 0.3) is 0 Å².